The van der Waals surface area contributed by atoms with Gasteiger partial charge in [-0.1, -0.05) is 29.8 Å². The first-order chi connectivity index (χ1) is 7.99. The zero-order chi connectivity index (χ0) is 12.8. The van der Waals surface area contributed by atoms with Gasteiger partial charge >= 0.3 is 0 Å². The number of hydrazine groups is 1. The number of benzene rings is 1. The topological polar surface area (TPSA) is 36.1 Å². The average molecular weight is 249 g/mol. The number of thiocarbonyl (C=S) groups is 1. The Morgan fingerprint density at radius 1 is 1.35 bits per heavy atom. The first-order valence-electron chi connectivity index (χ1n) is 5.50. The highest BCUT2D eigenvalue weighted by atomic mass is 32.1. The Labute approximate surface area is 108 Å². The molecule has 0 aliphatic heterocycles. The van der Waals surface area contributed by atoms with Crippen molar-refractivity contribution < 1.29 is 0 Å². The fraction of sp³-hybridized carbons (Fsp3) is 0.308. The van der Waals surface area contributed by atoms with Crippen LogP contribution in [0.2, 0.25) is 0 Å². The van der Waals surface area contributed by atoms with E-state index in [0.717, 1.165) is 11.3 Å². The summed E-state index contributed by atoms with van der Waals surface area (Å²) in [7, 11) is 0. The molecule has 0 aromatic heterocycles. The maximum absolute atomic E-state index is 5.11. The van der Waals surface area contributed by atoms with E-state index in [2.05, 4.69) is 48.7 Å². The van der Waals surface area contributed by atoms with Gasteiger partial charge in [0.1, 0.15) is 0 Å². The zero-order valence-electron chi connectivity index (χ0n) is 10.6. The summed E-state index contributed by atoms with van der Waals surface area (Å²) in [5.41, 5.74) is 10.5. The van der Waals surface area contributed by atoms with E-state index < -0.39 is 0 Å². The van der Waals surface area contributed by atoms with E-state index in [-0.39, 0.29) is 0 Å². The van der Waals surface area contributed by atoms with Crippen molar-refractivity contribution in [3.63, 3.8) is 0 Å². The minimum Gasteiger partial charge on any atom is -0.358 e. The summed E-state index contributed by atoms with van der Waals surface area (Å²) in [4.78, 5) is 0. The van der Waals surface area contributed by atoms with E-state index in [1.165, 1.54) is 11.1 Å². The first-order valence-corrected chi connectivity index (χ1v) is 5.91. The second kappa shape index (κ2) is 6.25. The molecule has 1 aromatic carbocycles. The Balaban J connectivity index is 2.44. The van der Waals surface area contributed by atoms with E-state index in [0.29, 0.717) is 11.7 Å². The molecule has 0 aliphatic carbocycles. The molecule has 92 valence electrons. The molecule has 0 radical (unpaired) electrons. The molecule has 0 fully saturated rings. The molecule has 0 aliphatic rings. The van der Waals surface area contributed by atoms with Crippen LogP contribution in [-0.4, -0.2) is 11.7 Å². The molecule has 4 heteroatoms. The van der Waals surface area contributed by atoms with Gasteiger partial charge in [-0.3, -0.25) is 10.9 Å². The lowest BCUT2D eigenvalue weighted by atomic mass is 10.1. The summed E-state index contributed by atoms with van der Waals surface area (Å²) in [6.45, 7) is 10.6. The largest absolute Gasteiger partial charge is 0.358 e. The van der Waals surface area contributed by atoms with Crippen LogP contribution < -0.4 is 16.2 Å². The second-order valence-electron chi connectivity index (χ2n) is 4.21. The normalized spacial score (nSPS) is 9.59. The highest BCUT2D eigenvalue weighted by Crippen LogP contribution is 2.14. The molecule has 17 heavy (non-hydrogen) atoms. The Morgan fingerprint density at radius 3 is 2.65 bits per heavy atom. The molecule has 1 rings (SSSR count). The molecule has 0 saturated heterocycles. The van der Waals surface area contributed by atoms with Crippen LogP contribution in [-0.2, 0) is 0 Å². The summed E-state index contributed by atoms with van der Waals surface area (Å²) in [5.74, 6) is 0. The van der Waals surface area contributed by atoms with Crippen molar-refractivity contribution in [2.75, 3.05) is 12.0 Å². The molecular formula is C13H19N3S. The lowest BCUT2D eigenvalue weighted by Crippen LogP contribution is -2.39. The lowest BCUT2D eigenvalue weighted by molar-refractivity contribution is 0.943. The van der Waals surface area contributed by atoms with Gasteiger partial charge in [-0.05, 0) is 44.6 Å². The number of aryl methyl sites for hydroxylation is 2. The minimum atomic E-state index is 0.563. The Hall–Kier alpha value is -1.55. The van der Waals surface area contributed by atoms with Crippen molar-refractivity contribution in [3.05, 3.63) is 41.5 Å². The molecule has 0 spiro atoms. The molecule has 0 heterocycles. The molecule has 0 atom stereocenters. The molecule has 3 nitrogen and oxygen atoms in total. The van der Waals surface area contributed by atoms with Crippen LogP contribution in [0, 0.1) is 13.8 Å². The summed E-state index contributed by atoms with van der Waals surface area (Å²) >= 11 is 5.11. The predicted octanol–water partition coefficient (Wildman–Crippen LogP) is 2.67. The Kier molecular flexibility index (Phi) is 4.97. The smallest absolute Gasteiger partial charge is 0.185 e. The van der Waals surface area contributed by atoms with Gasteiger partial charge in [-0.15, -0.1) is 0 Å². The van der Waals surface area contributed by atoms with Crippen LogP contribution in [0.1, 0.15) is 18.1 Å². The van der Waals surface area contributed by atoms with Gasteiger partial charge in [-0.25, -0.2) is 0 Å². The fourth-order valence-electron chi connectivity index (χ4n) is 1.35. The zero-order valence-corrected chi connectivity index (χ0v) is 11.4. The van der Waals surface area contributed by atoms with Crippen molar-refractivity contribution in [3.8, 4) is 0 Å². The van der Waals surface area contributed by atoms with Gasteiger partial charge in [0.05, 0.1) is 5.69 Å². The maximum atomic E-state index is 5.11. The van der Waals surface area contributed by atoms with Gasteiger partial charge in [0.2, 0.25) is 0 Å². The van der Waals surface area contributed by atoms with Crippen molar-refractivity contribution in [2.45, 2.75) is 20.8 Å². The standard InChI is InChI=1S/C13H19N3S/c1-9(2)8-14-13(17)16-15-12-6-5-10(3)7-11(12)4/h5-7,15H,1,8H2,2-4H3,(H2,14,16,17). The van der Waals surface area contributed by atoms with Crippen LogP contribution >= 0.6 is 12.2 Å². The molecule has 0 unspecified atom stereocenters. The van der Waals surface area contributed by atoms with Crippen LogP contribution in [0.5, 0.6) is 0 Å². The number of hydrogen-bond acceptors (Lipinski definition) is 2. The molecule has 0 amide bonds. The highest BCUT2D eigenvalue weighted by molar-refractivity contribution is 7.80. The predicted molar refractivity (Wildman–Crippen MR) is 78.1 cm³/mol. The van der Waals surface area contributed by atoms with Gasteiger partial charge in [0, 0.05) is 6.54 Å². The summed E-state index contributed by atoms with van der Waals surface area (Å²) in [6.07, 6.45) is 0. The third-order valence-electron chi connectivity index (χ3n) is 2.24. The van der Waals surface area contributed by atoms with Gasteiger partial charge in [-0.2, -0.15) is 0 Å². The van der Waals surface area contributed by atoms with Crippen LogP contribution in [0.15, 0.2) is 30.4 Å². The monoisotopic (exact) mass is 249 g/mol. The van der Waals surface area contributed by atoms with Crippen LogP contribution in [0.4, 0.5) is 5.69 Å². The first kappa shape index (κ1) is 13.5. The van der Waals surface area contributed by atoms with E-state index in [1.807, 2.05) is 13.0 Å². The fourth-order valence-corrected chi connectivity index (χ4v) is 1.48. The van der Waals surface area contributed by atoms with E-state index in [4.69, 9.17) is 12.2 Å². The van der Waals surface area contributed by atoms with Gasteiger partial charge in [0.25, 0.3) is 0 Å². The van der Waals surface area contributed by atoms with Crippen molar-refractivity contribution >= 4 is 23.0 Å². The minimum absolute atomic E-state index is 0.563. The van der Waals surface area contributed by atoms with Gasteiger partial charge in [0.15, 0.2) is 5.11 Å². The highest BCUT2D eigenvalue weighted by Gasteiger charge is 1.98. The second-order valence-corrected chi connectivity index (χ2v) is 4.62. The van der Waals surface area contributed by atoms with E-state index >= 15 is 0 Å². The molecular weight excluding hydrogens is 230 g/mol. The number of anilines is 1. The quantitative estimate of drug-likeness (QED) is 0.435. The Bertz CT molecular complexity index is 427. The van der Waals surface area contributed by atoms with E-state index in [1.54, 1.807) is 0 Å². The SMILES string of the molecule is C=C(C)CNC(=S)NNc1ccc(C)cc1C. The average Bonchev–Trinajstić information content (AvgIpc) is 2.25. The van der Waals surface area contributed by atoms with Crippen LogP contribution in [0.3, 0.4) is 0 Å². The molecule has 1 aromatic rings. The molecule has 0 saturated carbocycles. The van der Waals surface area contributed by atoms with Gasteiger partial charge < -0.3 is 5.32 Å². The number of nitrogens with one attached hydrogen (secondary N) is 3. The Morgan fingerprint density at radius 2 is 2.06 bits per heavy atom. The third kappa shape index (κ3) is 4.87. The van der Waals surface area contributed by atoms with Crippen molar-refractivity contribution in [2.24, 2.45) is 0 Å². The van der Waals surface area contributed by atoms with Crippen molar-refractivity contribution in [1.82, 2.24) is 10.7 Å². The van der Waals surface area contributed by atoms with Crippen LogP contribution in [0.25, 0.3) is 0 Å². The maximum Gasteiger partial charge on any atom is 0.185 e. The van der Waals surface area contributed by atoms with E-state index in [9.17, 15) is 0 Å². The van der Waals surface area contributed by atoms with Crippen molar-refractivity contribution in [1.29, 1.82) is 0 Å². The number of hydrogen-bond donors (Lipinski definition) is 3. The lowest BCUT2D eigenvalue weighted by Gasteiger charge is -2.14. The molecule has 0 bridgehead atoms. The summed E-state index contributed by atoms with van der Waals surface area (Å²) < 4.78 is 0. The number of rotatable bonds is 4. The summed E-state index contributed by atoms with van der Waals surface area (Å²) in [5, 5.41) is 3.60. The third-order valence-corrected chi connectivity index (χ3v) is 2.49. The molecule has 3 N–H and O–H groups in total. The summed E-state index contributed by atoms with van der Waals surface area (Å²) in [6, 6.07) is 6.20.